The fourth-order valence-corrected chi connectivity index (χ4v) is 4.33. The molecule has 5 aromatic rings. The van der Waals surface area contributed by atoms with Crippen LogP contribution in [0.25, 0.3) is 33.5 Å². The van der Waals surface area contributed by atoms with Gasteiger partial charge in [0.05, 0.1) is 24.2 Å². The van der Waals surface area contributed by atoms with Crippen molar-refractivity contribution < 1.29 is 18.7 Å². The Balaban J connectivity index is 1.66. The molecule has 0 N–H and O–H groups in total. The van der Waals surface area contributed by atoms with Gasteiger partial charge in [0.15, 0.2) is 11.9 Å². The molecule has 0 aliphatic heterocycles. The van der Waals surface area contributed by atoms with Crippen molar-refractivity contribution in [3.8, 4) is 17.3 Å². The van der Waals surface area contributed by atoms with Crippen LogP contribution < -0.4 is 10.3 Å². The number of nitrogens with zero attached hydrogens (tertiary/aromatic N) is 3. The van der Waals surface area contributed by atoms with Crippen LogP contribution in [0.5, 0.6) is 5.75 Å². The summed E-state index contributed by atoms with van der Waals surface area (Å²) in [5.41, 5.74) is 1.21. The van der Waals surface area contributed by atoms with Crippen LogP contribution in [-0.4, -0.2) is 35.1 Å². The molecule has 2 aromatic heterocycles. The number of methoxy groups -OCH3 is 1. The average molecular weight is 581 g/mol. The summed E-state index contributed by atoms with van der Waals surface area (Å²) in [4.78, 5) is 30.1. The number of carbonyl (C=O) groups is 1. The molecule has 0 saturated carbocycles. The Hall–Kier alpha value is -3.95. The predicted molar refractivity (Wildman–Crippen MR) is 145 cm³/mol. The van der Waals surface area contributed by atoms with Crippen LogP contribution in [0, 0.1) is 0 Å². The predicted octanol–water partition coefficient (Wildman–Crippen LogP) is 6.05. The lowest BCUT2D eigenvalue weighted by Gasteiger charge is -2.14. The molecule has 0 bridgehead atoms. The summed E-state index contributed by atoms with van der Waals surface area (Å²) in [5.74, 6) is 0.393. The molecule has 8 nitrogen and oxygen atoms in total. The van der Waals surface area contributed by atoms with E-state index < -0.39 is 12.1 Å². The summed E-state index contributed by atoms with van der Waals surface area (Å²) in [7, 11) is 1.28. The van der Waals surface area contributed by atoms with Gasteiger partial charge in [-0.05, 0) is 61.5 Å². The normalized spacial score (nSPS) is 12.3. The second kappa shape index (κ2) is 10.2. The molecule has 37 heavy (non-hydrogen) atoms. The molecule has 186 valence electrons. The van der Waals surface area contributed by atoms with Crippen molar-refractivity contribution in [3.63, 3.8) is 0 Å². The number of carbonyl (C=O) groups excluding carboxylic acids is 1. The second-order valence-electron chi connectivity index (χ2n) is 8.07. The lowest BCUT2D eigenvalue weighted by Crippen LogP contribution is -2.25. The van der Waals surface area contributed by atoms with E-state index in [1.165, 1.54) is 18.0 Å². The first-order valence-electron chi connectivity index (χ1n) is 11.1. The zero-order valence-electron chi connectivity index (χ0n) is 19.6. The number of para-hydroxylation sites is 1. The molecule has 0 radical (unpaired) electrons. The van der Waals surface area contributed by atoms with Gasteiger partial charge in [-0.15, -0.1) is 0 Å². The van der Waals surface area contributed by atoms with Gasteiger partial charge in [0.25, 0.3) is 5.56 Å². The maximum absolute atomic E-state index is 13.5. The molecular weight excluding hydrogens is 562 g/mol. The fourth-order valence-electron chi connectivity index (χ4n) is 3.77. The van der Waals surface area contributed by atoms with Crippen LogP contribution in [0.3, 0.4) is 0 Å². The molecule has 10 heteroatoms. The Morgan fingerprint density at radius 3 is 2.78 bits per heavy atom. The minimum absolute atomic E-state index is 0.222. The maximum Gasteiger partial charge on any atom is 0.346 e. The van der Waals surface area contributed by atoms with Crippen LogP contribution >= 0.6 is 27.5 Å². The summed E-state index contributed by atoms with van der Waals surface area (Å²) in [5, 5.41) is 6.11. The largest absolute Gasteiger partial charge is 0.478 e. The monoisotopic (exact) mass is 579 g/mol. The number of hydrogen-bond donors (Lipinski definition) is 0. The molecule has 1 atom stereocenters. The van der Waals surface area contributed by atoms with E-state index in [0.717, 1.165) is 9.86 Å². The molecule has 0 saturated heterocycles. The number of furan rings is 1. The topological polar surface area (TPSA) is 95.9 Å². The van der Waals surface area contributed by atoms with Gasteiger partial charge in [-0.2, -0.15) is 9.78 Å². The van der Waals surface area contributed by atoms with Crippen LogP contribution in [0.4, 0.5) is 0 Å². The summed E-state index contributed by atoms with van der Waals surface area (Å²) in [6, 6.07) is 19.3. The third-order valence-electron chi connectivity index (χ3n) is 5.57. The van der Waals surface area contributed by atoms with E-state index in [1.54, 1.807) is 55.5 Å². The number of hydrogen-bond acceptors (Lipinski definition) is 7. The second-order valence-corrected chi connectivity index (χ2v) is 9.42. The molecule has 3 aromatic carbocycles. The molecule has 0 fully saturated rings. The summed E-state index contributed by atoms with van der Waals surface area (Å²) in [6.45, 7) is 1.57. The zero-order chi connectivity index (χ0) is 26.1. The lowest BCUT2D eigenvalue weighted by atomic mass is 10.2. The van der Waals surface area contributed by atoms with Gasteiger partial charge in [0.2, 0.25) is 5.82 Å². The molecule has 0 aliphatic rings. The van der Waals surface area contributed by atoms with Gasteiger partial charge in [-0.3, -0.25) is 4.79 Å². The Morgan fingerprint density at radius 1 is 1.16 bits per heavy atom. The molecular formula is C27H19BrClN3O5. The first-order chi connectivity index (χ1) is 17.8. The smallest absolute Gasteiger partial charge is 0.346 e. The highest BCUT2D eigenvalue weighted by Gasteiger charge is 2.18. The van der Waals surface area contributed by atoms with Crippen molar-refractivity contribution in [1.82, 2.24) is 9.66 Å². The van der Waals surface area contributed by atoms with Gasteiger partial charge in [-0.1, -0.05) is 39.7 Å². The van der Waals surface area contributed by atoms with E-state index >= 15 is 0 Å². The summed E-state index contributed by atoms with van der Waals surface area (Å²) in [6.07, 6.45) is 0.556. The standard InChI is InChI=1S/C27H19BrClN3O5/c1-15(27(34)35-2)36-23-10-8-19(29)12-17(23)14-30-32-25(31-21-6-4-3-5-20(21)26(32)33)24-13-16-11-18(28)7-9-22(16)37-24/h3-15H,1-2H3/t15-/m0/s1. The van der Waals surface area contributed by atoms with Gasteiger partial charge in [0.1, 0.15) is 11.3 Å². The number of ether oxygens (including phenoxy) is 2. The van der Waals surface area contributed by atoms with Gasteiger partial charge >= 0.3 is 5.97 Å². The highest BCUT2D eigenvalue weighted by atomic mass is 79.9. The minimum Gasteiger partial charge on any atom is -0.478 e. The van der Waals surface area contributed by atoms with Crippen LogP contribution in [0.15, 0.2) is 85.5 Å². The van der Waals surface area contributed by atoms with Crippen molar-refractivity contribution in [3.05, 3.63) is 92.1 Å². The van der Waals surface area contributed by atoms with Crippen molar-refractivity contribution in [2.45, 2.75) is 13.0 Å². The van der Waals surface area contributed by atoms with Crippen molar-refractivity contribution in [2.24, 2.45) is 5.10 Å². The quantitative estimate of drug-likeness (QED) is 0.179. The molecule has 0 unspecified atom stereocenters. The highest BCUT2D eigenvalue weighted by molar-refractivity contribution is 9.10. The third-order valence-corrected chi connectivity index (χ3v) is 6.30. The minimum atomic E-state index is -0.867. The van der Waals surface area contributed by atoms with Crippen LogP contribution in [-0.2, 0) is 9.53 Å². The van der Waals surface area contributed by atoms with Crippen molar-refractivity contribution in [2.75, 3.05) is 7.11 Å². The Kier molecular flexibility index (Phi) is 6.82. The maximum atomic E-state index is 13.5. The van der Waals surface area contributed by atoms with Crippen molar-refractivity contribution in [1.29, 1.82) is 0 Å². The van der Waals surface area contributed by atoms with Gasteiger partial charge in [0, 0.05) is 20.4 Å². The Bertz CT molecular complexity index is 1740. The fraction of sp³-hybridized carbons (Fsp3) is 0.111. The van der Waals surface area contributed by atoms with E-state index in [4.69, 9.17) is 25.5 Å². The molecule has 0 spiro atoms. The van der Waals surface area contributed by atoms with E-state index in [2.05, 4.69) is 26.0 Å². The highest BCUT2D eigenvalue weighted by Crippen LogP contribution is 2.29. The molecule has 0 amide bonds. The number of aromatic nitrogens is 2. The van der Waals surface area contributed by atoms with Crippen LogP contribution in [0.1, 0.15) is 12.5 Å². The van der Waals surface area contributed by atoms with E-state index in [9.17, 15) is 9.59 Å². The van der Waals surface area contributed by atoms with E-state index in [0.29, 0.717) is 38.6 Å². The lowest BCUT2D eigenvalue weighted by molar-refractivity contribution is -0.147. The van der Waals surface area contributed by atoms with E-state index in [1.807, 2.05) is 18.2 Å². The number of benzene rings is 3. The number of rotatable bonds is 6. The molecule has 5 rings (SSSR count). The SMILES string of the molecule is COC(=O)[C@H](C)Oc1ccc(Cl)cc1C=Nn1c(-c2cc3cc(Br)ccc3o2)nc2ccccc2c1=O. The van der Waals surface area contributed by atoms with Crippen molar-refractivity contribution >= 4 is 61.6 Å². The average Bonchev–Trinajstić information content (AvgIpc) is 3.32. The van der Waals surface area contributed by atoms with Gasteiger partial charge in [-0.25, -0.2) is 9.78 Å². The summed E-state index contributed by atoms with van der Waals surface area (Å²) < 4.78 is 18.6. The Morgan fingerprint density at radius 2 is 1.97 bits per heavy atom. The number of halogens is 2. The third kappa shape index (κ3) is 5.00. The number of esters is 1. The first-order valence-corrected chi connectivity index (χ1v) is 12.3. The molecule has 2 heterocycles. The van der Waals surface area contributed by atoms with E-state index in [-0.39, 0.29) is 11.4 Å². The van der Waals surface area contributed by atoms with Crippen LogP contribution in [0.2, 0.25) is 5.02 Å². The number of fused-ring (bicyclic) bond motifs is 2. The van der Waals surface area contributed by atoms with Gasteiger partial charge < -0.3 is 13.9 Å². The summed E-state index contributed by atoms with van der Waals surface area (Å²) >= 11 is 9.67. The zero-order valence-corrected chi connectivity index (χ0v) is 22.0. The molecule has 0 aliphatic carbocycles. The Labute approximate surface area is 224 Å². The first kappa shape index (κ1) is 24.7.